The lowest BCUT2D eigenvalue weighted by atomic mass is 10.1. The van der Waals surface area contributed by atoms with Gasteiger partial charge in [0, 0.05) is 10.6 Å². The second-order valence-corrected chi connectivity index (χ2v) is 5.72. The van der Waals surface area contributed by atoms with E-state index in [9.17, 15) is 0 Å². The Morgan fingerprint density at radius 2 is 2.26 bits per heavy atom. The van der Waals surface area contributed by atoms with Crippen molar-refractivity contribution in [2.45, 2.75) is 29.9 Å². The third-order valence-electron chi connectivity index (χ3n) is 3.35. The van der Waals surface area contributed by atoms with Crippen molar-refractivity contribution in [1.29, 1.82) is 0 Å². The van der Waals surface area contributed by atoms with Crippen LogP contribution in [0.25, 0.3) is 0 Å². The van der Waals surface area contributed by atoms with Crippen molar-refractivity contribution in [3.05, 3.63) is 36.1 Å². The summed E-state index contributed by atoms with van der Waals surface area (Å²) in [7, 11) is 0. The van der Waals surface area contributed by atoms with E-state index >= 15 is 0 Å². The van der Waals surface area contributed by atoms with Crippen molar-refractivity contribution in [2.75, 3.05) is 12.4 Å². The number of rotatable bonds is 3. The van der Waals surface area contributed by atoms with E-state index in [4.69, 9.17) is 15.3 Å². The first-order valence-electron chi connectivity index (χ1n) is 6.56. The Labute approximate surface area is 117 Å². The van der Waals surface area contributed by atoms with E-state index in [1.54, 1.807) is 11.8 Å². The van der Waals surface area contributed by atoms with Crippen molar-refractivity contribution < 1.29 is 9.47 Å². The van der Waals surface area contributed by atoms with Crippen molar-refractivity contribution in [2.24, 2.45) is 5.84 Å². The standard InChI is InChI=1S/C14H18N2O2S/c15-16-14(11-6-3-4-8-17-11)12-9-19-13-7-2-1-5-10(13)18-12/h1-2,5-7,12,14,16H,3-4,8-9,15H2. The quantitative estimate of drug-likeness (QED) is 0.655. The van der Waals surface area contributed by atoms with E-state index in [-0.39, 0.29) is 12.1 Å². The molecule has 2 unspecified atom stereocenters. The molecule has 3 rings (SSSR count). The highest BCUT2D eigenvalue weighted by molar-refractivity contribution is 7.99. The van der Waals surface area contributed by atoms with Gasteiger partial charge in [-0.2, -0.15) is 0 Å². The zero-order valence-corrected chi connectivity index (χ0v) is 11.5. The monoisotopic (exact) mass is 278 g/mol. The van der Waals surface area contributed by atoms with Crippen LogP contribution < -0.4 is 16.0 Å². The predicted molar refractivity (Wildman–Crippen MR) is 76.0 cm³/mol. The predicted octanol–water partition coefficient (Wildman–Crippen LogP) is 2.07. The van der Waals surface area contributed by atoms with Crippen LogP contribution in [0.1, 0.15) is 12.8 Å². The molecule has 0 fully saturated rings. The Bertz CT molecular complexity index is 478. The fraction of sp³-hybridized carbons (Fsp3) is 0.429. The maximum atomic E-state index is 6.05. The van der Waals surface area contributed by atoms with E-state index in [1.165, 1.54) is 4.90 Å². The van der Waals surface area contributed by atoms with Gasteiger partial charge in [0.15, 0.2) is 0 Å². The molecule has 0 aromatic heterocycles. The Hall–Kier alpha value is -1.17. The molecule has 102 valence electrons. The minimum Gasteiger partial charge on any atom is -0.496 e. The molecule has 0 saturated carbocycles. The van der Waals surface area contributed by atoms with E-state index in [2.05, 4.69) is 17.6 Å². The Morgan fingerprint density at radius 1 is 1.37 bits per heavy atom. The molecule has 0 amide bonds. The number of ether oxygens (including phenoxy) is 2. The highest BCUT2D eigenvalue weighted by Crippen LogP contribution is 2.36. The molecule has 2 aliphatic heterocycles. The van der Waals surface area contributed by atoms with Gasteiger partial charge in [-0.3, -0.25) is 5.84 Å². The second kappa shape index (κ2) is 5.86. The summed E-state index contributed by atoms with van der Waals surface area (Å²) in [6.07, 6.45) is 4.23. The minimum absolute atomic E-state index is 0.00532. The molecule has 2 atom stereocenters. The Morgan fingerprint density at radius 3 is 3.05 bits per heavy atom. The highest BCUT2D eigenvalue weighted by Gasteiger charge is 2.31. The van der Waals surface area contributed by atoms with Crippen molar-refractivity contribution in [1.82, 2.24) is 5.43 Å². The van der Waals surface area contributed by atoms with Gasteiger partial charge in [0.2, 0.25) is 0 Å². The summed E-state index contributed by atoms with van der Waals surface area (Å²) in [6.45, 7) is 0.764. The van der Waals surface area contributed by atoms with Crippen LogP contribution in [-0.4, -0.2) is 24.5 Å². The molecule has 2 heterocycles. The summed E-state index contributed by atoms with van der Waals surface area (Å²) >= 11 is 1.80. The number of hydrazine groups is 1. The van der Waals surface area contributed by atoms with Crippen LogP contribution in [0.5, 0.6) is 5.75 Å². The van der Waals surface area contributed by atoms with E-state index in [1.807, 2.05) is 18.2 Å². The first kappa shape index (κ1) is 12.8. The molecule has 0 spiro atoms. The lowest BCUT2D eigenvalue weighted by molar-refractivity contribution is 0.111. The van der Waals surface area contributed by atoms with Crippen LogP contribution in [0.2, 0.25) is 0 Å². The van der Waals surface area contributed by atoms with Crippen LogP contribution >= 0.6 is 11.8 Å². The zero-order valence-electron chi connectivity index (χ0n) is 10.7. The van der Waals surface area contributed by atoms with Crippen LogP contribution in [0.3, 0.4) is 0 Å². The number of nitrogens with two attached hydrogens (primary N) is 1. The van der Waals surface area contributed by atoms with Crippen molar-refractivity contribution >= 4 is 11.8 Å². The van der Waals surface area contributed by atoms with Gasteiger partial charge in [0.05, 0.1) is 6.61 Å². The molecule has 0 radical (unpaired) electrons. The summed E-state index contributed by atoms with van der Waals surface area (Å²) in [4.78, 5) is 1.19. The SMILES string of the molecule is NNC(C1=CCCCO1)C1CSc2ccccc2O1. The van der Waals surface area contributed by atoms with Gasteiger partial charge in [0.25, 0.3) is 0 Å². The molecular weight excluding hydrogens is 260 g/mol. The van der Waals surface area contributed by atoms with Crippen molar-refractivity contribution in [3.8, 4) is 5.75 Å². The van der Waals surface area contributed by atoms with Crippen LogP contribution in [0, 0.1) is 0 Å². The number of para-hydroxylation sites is 1. The molecule has 0 bridgehead atoms. The first-order valence-corrected chi connectivity index (χ1v) is 7.54. The first-order chi connectivity index (χ1) is 9.38. The van der Waals surface area contributed by atoms with Crippen molar-refractivity contribution in [3.63, 3.8) is 0 Å². The maximum Gasteiger partial charge on any atom is 0.133 e. The summed E-state index contributed by atoms with van der Waals surface area (Å²) < 4.78 is 11.8. The molecule has 19 heavy (non-hydrogen) atoms. The van der Waals surface area contributed by atoms with Crippen LogP contribution in [0.15, 0.2) is 41.0 Å². The summed E-state index contributed by atoms with van der Waals surface area (Å²) in [5, 5.41) is 0. The summed E-state index contributed by atoms with van der Waals surface area (Å²) in [6, 6.07) is 8.01. The van der Waals surface area contributed by atoms with Gasteiger partial charge >= 0.3 is 0 Å². The second-order valence-electron chi connectivity index (χ2n) is 4.66. The molecule has 1 aromatic rings. The summed E-state index contributed by atoms with van der Waals surface area (Å²) in [5.41, 5.74) is 2.84. The maximum absolute atomic E-state index is 6.05. The van der Waals surface area contributed by atoms with E-state index in [0.29, 0.717) is 0 Å². The fourth-order valence-corrected chi connectivity index (χ4v) is 3.40. The molecule has 5 heteroatoms. The number of fused-ring (bicyclic) bond motifs is 1. The molecule has 4 nitrogen and oxygen atoms in total. The van der Waals surface area contributed by atoms with Gasteiger partial charge in [-0.1, -0.05) is 12.1 Å². The molecule has 2 aliphatic rings. The third kappa shape index (κ3) is 2.73. The molecule has 1 aromatic carbocycles. The Kier molecular flexibility index (Phi) is 3.96. The van der Waals surface area contributed by atoms with Crippen LogP contribution in [0.4, 0.5) is 0 Å². The summed E-state index contributed by atoms with van der Waals surface area (Å²) in [5.74, 6) is 8.41. The average Bonchev–Trinajstić information content (AvgIpc) is 2.49. The van der Waals surface area contributed by atoms with Gasteiger partial charge in [0.1, 0.15) is 23.7 Å². The van der Waals surface area contributed by atoms with Gasteiger partial charge in [-0.05, 0) is 31.1 Å². The van der Waals surface area contributed by atoms with E-state index < -0.39 is 0 Å². The van der Waals surface area contributed by atoms with Gasteiger partial charge in [-0.15, -0.1) is 11.8 Å². The van der Waals surface area contributed by atoms with Gasteiger partial charge in [-0.25, -0.2) is 5.43 Å². The normalized spacial score (nSPS) is 23.6. The minimum atomic E-state index is -0.0823. The lowest BCUT2D eigenvalue weighted by Gasteiger charge is -2.33. The molecule has 0 saturated heterocycles. The van der Waals surface area contributed by atoms with E-state index in [0.717, 1.165) is 36.7 Å². The number of nitrogens with one attached hydrogen (secondary N) is 1. The largest absolute Gasteiger partial charge is 0.496 e. The third-order valence-corrected chi connectivity index (χ3v) is 4.49. The number of allylic oxidation sites excluding steroid dienone is 1. The Balaban J connectivity index is 1.77. The topological polar surface area (TPSA) is 56.5 Å². The number of hydrogen-bond donors (Lipinski definition) is 2. The van der Waals surface area contributed by atoms with Crippen LogP contribution in [-0.2, 0) is 4.74 Å². The number of benzene rings is 1. The number of thioether (sulfide) groups is 1. The zero-order chi connectivity index (χ0) is 13.1. The molecule has 3 N–H and O–H groups in total. The number of hydrogen-bond acceptors (Lipinski definition) is 5. The lowest BCUT2D eigenvalue weighted by Crippen LogP contribution is -2.50. The highest BCUT2D eigenvalue weighted by atomic mass is 32.2. The molecular formula is C14H18N2O2S. The average molecular weight is 278 g/mol. The molecule has 0 aliphatic carbocycles. The smallest absolute Gasteiger partial charge is 0.133 e. The fourth-order valence-electron chi connectivity index (χ4n) is 2.37. The van der Waals surface area contributed by atoms with Gasteiger partial charge < -0.3 is 9.47 Å².